The molecule has 2 atom stereocenters. The molecule has 2 aromatic carbocycles. The molecule has 45 heavy (non-hydrogen) atoms. The number of carbonyl (C=O) groups excluding carboxylic acids is 1. The van der Waals surface area contributed by atoms with Crippen LogP contribution in [0, 0.1) is 24.4 Å². The maximum absolute atomic E-state index is 17.1. The number of hydrogen-bond acceptors (Lipinski definition) is 7. The molecule has 13 heteroatoms. The second-order valence-corrected chi connectivity index (χ2v) is 13.7. The number of sulfone groups is 1. The summed E-state index contributed by atoms with van der Waals surface area (Å²) in [6.07, 6.45) is 2.64. The van der Waals surface area contributed by atoms with Gasteiger partial charge >= 0.3 is 5.69 Å². The highest BCUT2D eigenvalue weighted by Crippen LogP contribution is 2.45. The summed E-state index contributed by atoms with van der Waals surface area (Å²) in [6, 6.07) is 4.89. The number of pyridine rings is 1. The van der Waals surface area contributed by atoms with E-state index in [1.54, 1.807) is 24.8 Å². The van der Waals surface area contributed by atoms with Gasteiger partial charge in [0.1, 0.15) is 16.5 Å². The normalized spacial score (nSPS) is 19.0. The molecule has 6 rings (SSSR count). The number of amides is 1. The SMILES string of the molecule is C=CC(=O)N1CC(C)N2c3nc(=O)n(-c4c(C)ccnc4C(C)C)c4c(F)c(-c5ccccc5F)c(F)c(c34)S(=O)(=O)CC2C1. The van der Waals surface area contributed by atoms with Gasteiger partial charge in [-0.25, -0.2) is 26.4 Å². The second kappa shape index (κ2) is 10.8. The van der Waals surface area contributed by atoms with Crippen LogP contribution in [-0.2, 0) is 14.6 Å². The summed E-state index contributed by atoms with van der Waals surface area (Å²) in [5.41, 5.74) is -1.88. The highest BCUT2D eigenvalue weighted by molar-refractivity contribution is 7.91. The summed E-state index contributed by atoms with van der Waals surface area (Å²) >= 11 is 0. The number of halogens is 3. The van der Waals surface area contributed by atoms with Gasteiger partial charge in [0, 0.05) is 30.9 Å². The van der Waals surface area contributed by atoms with Crippen LogP contribution in [0.3, 0.4) is 0 Å². The molecule has 0 N–H and O–H groups in total. The minimum absolute atomic E-state index is 0.0991. The van der Waals surface area contributed by atoms with E-state index in [0.717, 1.165) is 22.8 Å². The number of rotatable bonds is 4. The summed E-state index contributed by atoms with van der Waals surface area (Å²) in [5, 5.41) is -0.430. The van der Waals surface area contributed by atoms with Crippen molar-refractivity contribution < 1.29 is 26.4 Å². The van der Waals surface area contributed by atoms with Crippen LogP contribution in [-0.4, -0.2) is 64.7 Å². The molecule has 0 radical (unpaired) electrons. The molecule has 234 valence electrons. The molecule has 4 heterocycles. The fourth-order valence-corrected chi connectivity index (χ4v) is 8.39. The average Bonchev–Trinajstić information content (AvgIpc) is 3.07. The van der Waals surface area contributed by atoms with Gasteiger partial charge in [0.25, 0.3) is 0 Å². The van der Waals surface area contributed by atoms with Crippen molar-refractivity contribution in [2.24, 2.45) is 0 Å². The van der Waals surface area contributed by atoms with E-state index in [4.69, 9.17) is 0 Å². The number of hydrogen-bond donors (Lipinski definition) is 0. The van der Waals surface area contributed by atoms with Crippen LogP contribution in [0.2, 0.25) is 0 Å². The highest BCUT2D eigenvalue weighted by Gasteiger charge is 2.45. The number of benzene rings is 2. The van der Waals surface area contributed by atoms with Gasteiger partial charge in [0.15, 0.2) is 21.5 Å². The zero-order valence-electron chi connectivity index (χ0n) is 25.0. The molecule has 9 nitrogen and oxygen atoms in total. The van der Waals surface area contributed by atoms with E-state index >= 15 is 13.2 Å². The maximum atomic E-state index is 17.1. The monoisotopic (exact) mass is 637 g/mol. The van der Waals surface area contributed by atoms with Crippen molar-refractivity contribution in [2.45, 2.75) is 50.6 Å². The second-order valence-electron chi connectivity index (χ2n) is 11.7. The molecule has 0 bridgehead atoms. The van der Waals surface area contributed by atoms with Gasteiger partial charge in [-0.2, -0.15) is 4.98 Å². The van der Waals surface area contributed by atoms with Crippen LogP contribution in [0.1, 0.15) is 37.9 Å². The van der Waals surface area contributed by atoms with Crippen molar-refractivity contribution in [1.82, 2.24) is 19.4 Å². The van der Waals surface area contributed by atoms with Crippen molar-refractivity contribution in [2.75, 3.05) is 23.7 Å². The van der Waals surface area contributed by atoms with E-state index in [-0.39, 0.29) is 30.5 Å². The van der Waals surface area contributed by atoms with Gasteiger partial charge in [-0.3, -0.25) is 14.3 Å². The fraction of sp³-hybridized carbons (Fsp3) is 0.312. The fourth-order valence-electron chi connectivity index (χ4n) is 6.58. The Morgan fingerprint density at radius 2 is 1.82 bits per heavy atom. The van der Waals surface area contributed by atoms with E-state index in [2.05, 4.69) is 16.5 Å². The van der Waals surface area contributed by atoms with Crippen molar-refractivity contribution in [3.8, 4) is 16.8 Å². The van der Waals surface area contributed by atoms with E-state index in [1.165, 1.54) is 23.2 Å². The molecular formula is C32H30F3N5O4S. The summed E-state index contributed by atoms with van der Waals surface area (Å²) in [6.45, 7) is 10.5. The molecule has 2 unspecified atom stereocenters. The third-order valence-corrected chi connectivity index (χ3v) is 10.3. The quantitative estimate of drug-likeness (QED) is 0.237. The first-order valence-electron chi connectivity index (χ1n) is 14.4. The van der Waals surface area contributed by atoms with Crippen LogP contribution in [0.25, 0.3) is 27.7 Å². The zero-order valence-corrected chi connectivity index (χ0v) is 25.8. The van der Waals surface area contributed by atoms with E-state index in [1.807, 2.05) is 13.8 Å². The Morgan fingerprint density at radius 3 is 2.49 bits per heavy atom. The third-order valence-electron chi connectivity index (χ3n) is 8.46. The number of piperazine rings is 1. The average molecular weight is 638 g/mol. The molecule has 1 amide bonds. The van der Waals surface area contributed by atoms with Gasteiger partial charge < -0.3 is 9.80 Å². The summed E-state index contributed by atoms with van der Waals surface area (Å²) < 4.78 is 78.5. The molecular weight excluding hydrogens is 607 g/mol. The third kappa shape index (κ3) is 4.63. The number of aryl methyl sites for hydroxylation is 1. The predicted molar refractivity (Wildman–Crippen MR) is 164 cm³/mol. The van der Waals surface area contributed by atoms with E-state index in [0.29, 0.717) is 11.3 Å². The lowest BCUT2D eigenvalue weighted by molar-refractivity contribution is -0.127. The Morgan fingerprint density at radius 1 is 1.11 bits per heavy atom. The molecule has 0 saturated carbocycles. The lowest BCUT2D eigenvalue weighted by Crippen LogP contribution is -2.61. The maximum Gasteiger partial charge on any atom is 0.354 e. The topological polar surface area (TPSA) is 105 Å². The van der Waals surface area contributed by atoms with Crippen molar-refractivity contribution in [3.63, 3.8) is 0 Å². The molecule has 1 saturated heterocycles. The Labute approximate surface area is 257 Å². The Kier molecular flexibility index (Phi) is 7.34. The lowest BCUT2D eigenvalue weighted by atomic mass is 9.99. The zero-order chi connectivity index (χ0) is 32.5. The van der Waals surface area contributed by atoms with Crippen LogP contribution in [0.4, 0.5) is 19.0 Å². The Hall–Kier alpha value is -4.52. The van der Waals surface area contributed by atoms with Gasteiger partial charge in [0.05, 0.1) is 39.6 Å². The number of aromatic nitrogens is 3. The number of anilines is 1. The van der Waals surface area contributed by atoms with Gasteiger partial charge in [-0.05, 0) is 43.5 Å². The predicted octanol–water partition coefficient (Wildman–Crippen LogP) is 4.68. The van der Waals surface area contributed by atoms with Crippen LogP contribution in [0.15, 0.2) is 58.9 Å². The first-order chi connectivity index (χ1) is 21.3. The first-order valence-corrected chi connectivity index (χ1v) is 16.0. The molecule has 2 aliphatic heterocycles. The minimum Gasteiger partial charge on any atom is -0.346 e. The minimum atomic E-state index is -4.61. The van der Waals surface area contributed by atoms with Crippen LogP contribution >= 0.6 is 0 Å². The van der Waals surface area contributed by atoms with E-state index in [9.17, 15) is 18.0 Å². The Bertz CT molecular complexity index is 2100. The van der Waals surface area contributed by atoms with Crippen molar-refractivity contribution in [3.05, 3.63) is 88.4 Å². The van der Waals surface area contributed by atoms with Crippen molar-refractivity contribution in [1.29, 1.82) is 0 Å². The molecule has 0 aliphatic carbocycles. The smallest absolute Gasteiger partial charge is 0.346 e. The summed E-state index contributed by atoms with van der Waals surface area (Å²) in [7, 11) is -4.61. The molecule has 2 aromatic heterocycles. The van der Waals surface area contributed by atoms with E-state index < -0.39 is 83.6 Å². The van der Waals surface area contributed by atoms with Crippen molar-refractivity contribution >= 4 is 32.5 Å². The van der Waals surface area contributed by atoms with Gasteiger partial charge in [0.2, 0.25) is 5.91 Å². The summed E-state index contributed by atoms with van der Waals surface area (Å²) in [5.74, 6) is -5.40. The van der Waals surface area contributed by atoms with Gasteiger partial charge in [-0.15, -0.1) is 0 Å². The van der Waals surface area contributed by atoms with Crippen LogP contribution < -0.4 is 10.6 Å². The molecule has 1 fully saturated rings. The van der Waals surface area contributed by atoms with Crippen LogP contribution in [0.5, 0.6) is 0 Å². The molecule has 0 spiro atoms. The molecule has 2 aliphatic rings. The highest BCUT2D eigenvalue weighted by atomic mass is 32.2. The first kappa shape index (κ1) is 30.5. The van der Waals surface area contributed by atoms with Gasteiger partial charge in [-0.1, -0.05) is 38.6 Å². The summed E-state index contributed by atoms with van der Waals surface area (Å²) in [4.78, 5) is 37.5. The Balaban J connectivity index is 1.84. The molecule has 4 aromatic rings. The standard InChI is InChI=1S/C32H30F3N5O4S/c1-6-22(41)38-13-18(5)39-19(14-38)15-45(43,44)30-24-29(25(34)23(26(30)35)20-9-7-8-10-21(20)33)40(32(42)37-31(24)39)28-17(4)11-12-36-27(28)16(2)3/h6-12,16,18-19H,1,13-15H2,2-5H3. The lowest BCUT2D eigenvalue weighted by Gasteiger charge is -2.45. The number of nitrogens with zero attached hydrogens (tertiary/aromatic N) is 5. The largest absolute Gasteiger partial charge is 0.354 e. The number of fused-ring (bicyclic) bond motifs is 2. The number of carbonyl (C=O) groups is 1.